The normalized spacial score (nSPS) is 9.85. The number of pyridine rings is 1. The Morgan fingerprint density at radius 2 is 2.15 bits per heavy atom. The van der Waals surface area contributed by atoms with Crippen LogP contribution in [0.15, 0.2) is 31.0 Å². The van der Waals surface area contributed by atoms with Gasteiger partial charge in [-0.1, -0.05) is 6.58 Å². The van der Waals surface area contributed by atoms with Crippen molar-refractivity contribution in [1.82, 2.24) is 10.3 Å². The molecule has 108 valence electrons. The van der Waals surface area contributed by atoms with Crippen LogP contribution in [0.3, 0.4) is 0 Å². The molecule has 1 aromatic rings. The molecule has 0 aliphatic carbocycles. The maximum atomic E-state index is 11.7. The molecule has 0 spiro atoms. The van der Waals surface area contributed by atoms with Gasteiger partial charge in [-0.3, -0.25) is 14.6 Å². The fourth-order valence-corrected chi connectivity index (χ4v) is 1.54. The summed E-state index contributed by atoms with van der Waals surface area (Å²) >= 11 is 0. The molecule has 0 bridgehead atoms. The van der Waals surface area contributed by atoms with Crippen LogP contribution in [0.4, 0.5) is 5.69 Å². The van der Waals surface area contributed by atoms with Crippen LogP contribution in [0, 0.1) is 0 Å². The minimum absolute atomic E-state index is 0.0673. The fourth-order valence-electron chi connectivity index (χ4n) is 1.54. The van der Waals surface area contributed by atoms with E-state index in [1.165, 1.54) is 6.08 Å². The fraction of sp³-hybridized carbons (Fsp3) is 0.357. The minimum Gasteiger partial charge on any atom is -0.353 e. The van der Waals surface area contributed by atoms with Crippen LogP contribution in [0.25, 0.3) is 0 Å². The van der Waals surface area contributed by atoms with Crippen molar-refractivity contribution in [2.75, 3.05) is 11.9 Å². The molecule has 0 aliphatic rings. The van der Waals surface area contributed by atoms with Gasteiger partial charge in [0.2, 0.25) is 11.8 Å². The molecule has 20 heavy (non-hydrogen) atoms. The number of hydrogen-bond acceptors (Lipinski definition) is 4. The van der Waals surface area contributed by atoms with E-state index >= 15 is 0 Å². The van der Waals surface area contributed by atoms with Crippen molar-refractivity contribution in [3.8, 4) is 0 Å². The average molecular weight is 276 g/mol. The highest BCUT2D eigenvalue weighted by molar-refractivity contribution is 5.90. The van der Waals surface area contributed by atoms with Gasteiger partial charge in [0.25, 0.3) is 0 Å². The second-order valence-corrected chi connectivity index (χ2v) is 4.24. The Kier molecular flexibility index (Phi) is 6.99. The lowest BCUT2D eigenvalue weighted by Gasteiger charge is -2.06. The van der Waals surface area contributed by atoms with Crippen molar-refractivity contribution < 1.29 is 9.59 Å². The zero-order chi connectivity index (χ0) is 14.8. The smallest absolute Gasteiger partial charge is 0.243 e. The van der Waals surface area contributed by atoms with Crippen LogP contribution < -0.4 is 16.4 Å². The van der Waals surface area contributed by atoms with Crippen molar-refractivity contribution in [3.05, 3.63) is 36.7 Å². The molecule has 6 heteroatoms. The number of unbranched alkanes of at least 4 members (excludes halogenated alkanes) is 1. The summed E-state index contributed by atoms with van der Waals surface area (Å²) in [6.45, 7) is 4.28. The van der Waals surface area contributed by atoms with Gasteiger partial charge in [0, 0.05) is 19.5 Å². The van der Waals surface area contributed by atoms with Gasteiger partial charge in [-0.2, -0.15) is 0 Å². The van der Waals surface area contributed by atoms with Gasteiger partial charge in [0.15, 0.2) is 0 Å². The molecule has 1 aromatic heterocycles. The number of amides is 2. The largest absolute Gasteiger partial charge is 0.353 e. The number of nitrogens with one attached hydrogen (secondary N) is 2. The molecule has 4 N–H and O–H groups in total. The standard InChI is InChI=1S/C14H20N4O2/c1-2-13(19)16-8-4-3-5-14(20)18-12-7-6-11(9-15)17-10-12/h2,6-7,10H,1,3-5,8-9,15H2,(H,16,19)(H,18,20). The van der Waals surface area contributed by atoms with Gasteiger partial charge < -0.3 is 16.4 Å². The van der Waals surface area contributed by atoms with Gasteiger partial charge in [-0.15, -0.1) is 0 Å². The molecular formula is C14H20N4O2. The first kappa shape index (κ1) is 15.8. The molecule has 0 atom stereocenters. The molecule has 1 heterocycles. The predicted octanol–water partition coefficient (Wildman–Crippen LogP) is 0.951. The molecule has 0 aliphatic heterocycles. The lowest BCUT2D eigenvalue weighted by atomic mass is 10.2. The summed E-state index contributed by atoms with van der Waals surface area (Å²) in [5, 5.41) is 5.42. The van der Waals surface area contributed by atoms with Crippen molar-refractivity contribution >= 4 is 17.5 Å². The summed E-state index contributed by atoms with van der Waals surface area (Å²) in [6, 6.07) is 3.55. The molecular weight excluding hydrogens is 256 g/mol. The number of carbonyl (C=O) groups is 2. The van der Waals surface area contributed by atoms with Crippen LogP contribution in [-0.2, 0) is 16.1 Å². The molecule has 0 unspecified atom stereocenters. The first-order chi connectivity index (χ1) is 9.65. The number of anilines is 1. The lowest BCUT2D eigenvalue weighted by molar-refractivity contribution is -0.116. The van der Waals surface area contributed by atoms with Crippen molar-refractivity contribution in [1.29, 1.82) is 0 Å². The highest BCUT2D eigenvalue weighted by Gasteiger charge is 2.03. The Balaban J connectivity index is 2.19. The maximum absolute atomic E-state index is 11.7. The van der Waals surface area contributed by atoms with Crippen molar-refractivity contribution in [2.45, 2.75) is 25.8 Å². The molecule has 0 fully saturated rings. The van der Waals surface area contributed by atoms with E-state index in [-0.39, 0.29) is 11.8 Å². The Morgan fingerprint density at radius 3 is 2.75 bits per heavy atom. The Labute approximate surface area is 118 Å². The monoisotopic (exact) mass is 276 g/mol. The zero-order valence-corrected chi connectivity index (χ0v) is 11.4. The van der Waals surface area contributed by atoms with E-state index in [0.29, 0.717) is 31.6 Å². The van der Waals surface area contributed by atoms with Crippen LogP contribution >= 0.6 is 0 Å². The van der Waals surface area contributed by atoms with E-state index in [2.05, 4.69) is 22.2 Å². The van der Waals surface area contributed by atoms with Gasteiger partial charge in [0.05, 0.1) is 17.6 Å². The summed E-state index contributed by atoms with van der Waals surface area (Å²) in [6.07, 6.45) is 4.67. The van der Waals surface area contributed by atoms with E-state index in [1.807, 2.05) is 0 Å². The second-order valence-electron chi connectivity index (χ2n) is 4.24. The number of hydrogen-bond donors (Lipinski definition) is 3. The third-order valence-electron chi connectivity index (χ3n) is 2.63. The van der Waals surface area contributed by atoms with Gasteiger partial charge in [-0.05, 0) is 31.1 Å². The summed E-state index contributed by atoms with van der Waals surface area (Å²) in [7, 11) is 0. The number of nitrogens with zero attached hydrogens (tertiary/aromatic N) is 1. The molecule has 6 nitrogen and oxygen atoms in total. The molecule has 0 radical (unpaired) electrons. The van der Waals surface area contributed by atoms with Crippen molar-refractivity contribution in [3.63, 3.8) is 0 Å². The highest BCUT2D eigenvalue weighted by atomic mass is 16.2. The van der Waals surface area contributed by atoms with Crippen LogP contribution in [0.1, 0.15) is 25.0 Å². The third kappa shape index (κ3) is 6.10. The zero-order valence-electron chi connectivity index (χ0n) is 11.4. The summed E-state index contributed by atoms with van der Waals surface area (Å²) < 4.78 is 0. The summed E-state index contributed by atoms with van der Waals surface area (Å²) in [5.41, 5.74) is 6.88. The topological polar surface area (TPSA) is 97.1 Å². The minimum atomic E-state index is -0.194. The van der Waals surface area contributed by atoms with E-state index in [4.69, 9.17) is 5.73 Å². The Hall–Kier alpha value is -2.21. The van der Waals surface area contributed by atoms with Crippen LogP contribution in [0.2, 0.25) is 0 Å². The van der Waals surface area contributed by atoms with E-state index < -0.39 is 0 Å². The van der Waals surface area contributed by atoms with Gasteiger partial charge >= 0.3 is 0 Å². The van der Waals surface area contributed by atoms with Gasteiger partial charge in [-0.25, -0.2) is 0 Å². The Morgan fingerprint density at radius 1 is 1.35 bits per heavy atom. The van der Waals surface area contributed by atoms with Crippen molar-refractivity contribution in [2.24, 2.45) is 5.73 Å². The molecule has 0 aromatic carbocycles. The van der Waals surface area contributed by atoms with E-state index in [1.54, 1.807) is 18.3 Å². The second kappa shape index (κ2) is 8.82. The summed E-state index contributed by atoms with van der Waals surface area (Å²) in [4.78, 5) is 26.6. The number of carbonyl (C=O) groups excluding carboxylic acids is 2. The Bertz CT molecular complexity index is 457. The summed E-state index contributed by atoms with van der Waals surface area (Å²) in [5.74, 6) is -0.261. The quantitative estimate of drug-likeness (QED) is 0.486. The third-order valence-corrected chi connectivity index (χ3v) is 2.63. The molecule has 1 rings (SSSR count). The first-order valence-electron chi connectivity index (χ1n) is 6.51. The van der Waals surface area contributed by atoms with Crippen LogP contribution in [-0.4, -0.2) is 23.3 Å². The average Bonchev–Trinajstić information content (AvgIpc) is 2.47. The SMILES string of the molecule is C=CC(=O)NCCCCC(=O)Nc1ccc(CN)nc1. The first-order valence-corrected chi connectivity index (χ1v) is 6.51. The molecule has 0 saturated carbocycles. The number of rotatable bonds is 8. The number of nitrogens with two attached hydrogens (primary N) is 1. The van der Waals surface area contributed by atoms with E-state index in [9.17, 15) is 9.59 Å². The van der Waals surface area contributed by atoms with Gasteiger partial charge in [0.1, 0.15) is 0 Å². The lowest BCUT2D eigenvalue weighted by Crippen LogP contribution is -2.22. The predicted molar refractivity (Wildman–Crippen MR) is 77.8 cm³/mol. The molecule has 0 saturated heterocycles. The molecule has 2 amide bonds. The number of aromatic nitrogens is 1. The highest BCUT2D eigenvalue weighted by Crippen LogP contribution is 2.07. The van der Waals surface area contributed by atoms with Crippen LogP contribution in [0.5, 0.6) is 0 Å². The maximum Gasteiger partial charge on any atom is 0.243 e. The van der Waals surface area contributed by atoms with E-state index in [0.717, 1.165) is 12.1 Å².